The van der Waals surface area contributed by atoms with Crippen LogP contribution in [0.4, 0.5) is 4.39 Å². The lowest BCUT2D eigenvalue weighted by Crippen LogP contribution is -2.29. The SMILES string of the molecule is NNC(c1cnc2ccccc2c1)c1ccc(F)cc1I. The van der Waals surface area contributed by atoms with Crippen LogP contribution in [0.1, 0.15) is 17.2 Å². The molecule has 0 spiro atoms. The van der Waals surface area contributed by atoms with Gasteiger partial charge in [0.15, 0.2) is 0 Å². The molecular weight excluding hydrogens is 380 g/mol. The molecule has 106 valence electrons. The van der Waals surface area contributed by atoms with Crippen LogP contribution in [0.5, 0.6) is 0 Å². The molecule has 0 amide bonds. The second kappa shape index (κ2) is 6.05. The molecule has 0 aliphatic carbocycles. The highest BCUT2D eigenvalue weighted by atomic mass is 127. The zero-order valence-corrected chi connectivity index (χ0v) is 13.2. The van der Waals surface area contributed by atoms with Gasteiger partial charge in [-0.05, 0) is 58.0 Å². The van der Waals surface area contributed by atoms with Gasteiger partial charge < -0.3 is 0 Å². The third-order valence-corrected chi connectivity index (χ3v) is 4.32. The van der Waals surface area contributed by atoms with Crippen LogP contribution < -0.4 is 11.3 Å². The summed E-state index contributed by atoms with van der Waals surface area (Å²) in [6, 6.07) is 14.4. The Morgan fingerprint density at radius 3 is 2.71 bits per heavy atom. The third-order valence-electron chi connectivity index (χ3n) is 3.39. The van der Waals surface area contributed by atoms with Gasteiger partial charge in [0.2, 0.25) is 0 Å². The number of hydrazine groups is 1. The summed E-state index contributed by atoms with van der Waals surface area (Å²) in [5.74, 6) is 5.46. The molecule has 3 rings (SSSR count). The zero-order chi connectivity index (χ0) is 14.8. The first-order valence-corrected chi connectivity index (χ1v) is 7.52. The van der Waals surface area contributed by atoms with E-state index < -0.39 is 0 Å². The van der Waals surface area contributed by atoms with Gasteiger partial charge in [-0.15, -0.1) is 0 Å². The molecule has 21 heavy (non-hydrogen) atoms. The van der Waals surface area contributed by atoms with Gasteiger partial charge in [-0.25, -0.2) is 9.82 Å². The minimum Gasteiger partial charge on any atom is -0.271 e. The number of fused-ring (bicyclic) bond motifs is 1. The molecule has 1 unspecified atom stereocenters. The van der Waals surface area contributed by atoms with E-state index in [4.69, 9.17) is 5.84 Å². The van der Waals surface area contributed by atoms with Crippen molar-refractivity contribution in [2.24, 2.45) is 5.84 Å². The molecule has 1 atom stereocenters. The number of hydrogen-bond acceptors (Lipinski definition) is 3. The summed E-state index contributed by atoms with van der Waals surface area (Å²) in [6.45, 7) is 0. The number of para-hydroxylation sites is 1. The largest absolute Gasteiger partial charge is 0.271 e. The lowest BCUT2D eigenvalue weighted by molar-refractivity contribution is 0.612. The molecule has 5 heteroatoms. The first-order valence-electron chi connectivity index (χ1n) is 6.45. The summed E-state index contributed by atoms with van der Waals surface area (Å²) >= 11 is 2.11. The third kappa shape index (κ3) is 2.90. The first-order chi connectivity index (χ1) is 10.2. The van der Waals surface area contributed by atoms with Gasteiger partial charge >= 0.3 is 0 Å². The van der Waals surface area contributed by atoms with Gasteiger partial charge in [0.1, 0.15) is 5.82 Å². The van der Waals surface area contributed by atoms with Crippen molar-refractivity contribution in [2.45, 2.75) is 6.04 Å². The molecule has 2 aromatic carbocycles. The number of benzene rings is 2. The Hall–Kier alpha value is -1.57. The average molecular weight is 393 g/mol. The van der Waals surface area contributed by atoms with Gasteiger partial charge in [-0.3, -0.25) is 10.8 Å². The first kappa shape index (κ1) is 14.4. The summed E-state index contributed by atoms with van der Waals surface area (Å²) < 4.78 is 14.1. The molecule has 0 radical (unpaired) electrons. The Bertz CT molecular complexity index is 791. The van der Waals surface area contributed by atoms with Crippen molar-refractivity contribution < 1.29 is 4.39 Å². The van der Waals surface area contributed by atoms with E-state index in [-0.39, 0.29) is 11.9 Å². The topological polar surface area (TPSA) is 50.9 Å². The second-order valence-corrected chi connectivity index (χ2v) is 5.89. The monoisotopic (exact) mass is 393 g/mol. The molecule has 0 aliphatic rings. The van der Waals surface area contributed by atoms with Crippen LogP contribution in [-0.2, 0) is 0 Å². The van der Waals surface area contributed by atoms with E-state index in [2.05, 4.69) is 33.0 Å². The van der Waals surface area contributed by atoms with E-state index in [9.17, 15) is 4.39 Å². The normalized spacial score (nSPS) is 12.5. The Morgan fingerprint density at radius 1 is 1.14 bits per heavy atom. The van der Waals surface area contributed by atoms with Crippen LogP contribution >= 0.6 is 22.6 Å². The maximum Gasteiger partial charge on any atom is 0.124 e. The van der Waals surface area contributed by atoms with Gasteiger partial charge in [-0.2, -0.15) is 0 Å². The fourth-order valence-corrected chi connectivity index (χ4v) is 3.14. The minimum absolute atomic E-state index is 0.227. The van der Waals surface area contributed by atoms with Gasteiger partial charge in [0.25, 0.3) is 0 Å². The van der Waals surface area contributed by atoms with Crippen LogP contribution in [-0.4, -0.2) is 4.98 Å². The molecule has 1 heterocycles. The van der Waals surface area contributed by atoms with Crippen molar-refractivity contribution in [1.82, 2.24) is 10.4 Å². The lowest BCUT2D eigenvalue weighted by Gasteiger charge is -2.18. The van der Waals surface area contributed by atoms with Crippen LogP contribution in [0.25, 0.3) is 10.9 Å². The van der Waals surface area contributed by atoms with E-state index in [1.165, 1.54) is 12.1 Å². The summed E-state index contributed by atoms with van der Waals surface area (Å²) in [4.78, 5) is 4.45. The number of hydrogen-bond donors (Lipinski definition) is 2. The predicted molar refractivity (Wildman–Crippen MR) is 90.0 cm³/mol. The van der Waals surface area contributed by atoms with Crippen LogP contribution in [0, 0.1) is 9.39 Å². The van der Waals surface area contributed by atoms with Crippen LogP contribution in [0.3, 0.4) is 0 Å². The number of nitrogens with two attached hydrogens (primary N) is 1. The number of nitrogens with zero attached hydrogens (tertiary/aromatic N) is 1. The number of nitrogens with one attached hydrogen (secondary N) is 1. The van der Waals surface area contributed by atoms with E-state index in [1.54, 1.807) is 12.3 Å². The summed E-state index contributed by atoms with van der Waals surface area (Å²) in [5, 5.41) is 1.05. The highest BCUT2D eigenvalue weighted by Gasteiger charge is 2.16. The Morgan fingerprint density at radius 2 is 1.95 bits per heavy atom. The molecule has 1 aromatic heterocycles. The van der Waals surface area contributed by atoms with E-state index in [1.807, 2.05) is 30.3 Å². The number of rotatable bonds is 3. The van der Waals surface area contributed by atoms with Crippen molar-refractivity contribution in [2.75, 3.05) is 0 Å². The molecule has 0 bridgehead atoms. The second-order valence-electron chi connectivity index (χ2n) is 4.73. The predicted octanol–water partition coefficient (Wildman–Crippen LogP) is 3.53. The highest BCUT2D eigenvalue weighted by molar-refractivity contribution is 14.1. The van der Waals surface area contributed by atoms with E-state index in [0.717, 1.165) is 25.6 Å². The molecule has 0 saturated carbocycles. The minimum atomic E-state index is -0.254. The van der Waals surface area contributed by atoms with Gasteiger partial charge in [0, 0.05) is 15.2 Å². The molecule has 0 fully saturated rings. The number of halogens is 2. The van der Waals surface area contributed by atoms with Crippen molar-refractivity contribution in [3.63, 3.8) is 0 Å². The molecule has 3 aromatic rings. The fraction of sp³-hybridized carbons (Fsp3) is 0.0625. The Labute approximate surface area is 135 Å². The molecule has 3 N–H and O–H groups in total. The van der Waals surface area contributed by atoms with Crippen LogP contribution in [0.15, 0.2) is 54.7 Å². The Kier molecular flexibility index (Phi) is 4.14. The number of aromatic nitrogens is 1. The van der Waals surface area contributed by atoms with Crippen molar-refractivity contribution in [3.8, 4) is 0 Å². The van der Waals surface area contributed by atoms with Crippen molar-refractivity contribution in [3.05, 3.63) is 75.2 Å². The standard InChI is InChI=1S/C16H13FIN3/c17-12-5-6-13(14(18)8-12)16(21-19)11-7-10-3-1-2-4-15(10)20-9-11/h1-9,16,21H,19H2. The van der Waals surface area contributed by atoms with E-state index in [0.29, 0.717) is 0 Å². The molecular formula is C16H13FIN3. The lowest BCUT2D eigenvalue weighted by atomic mass is 9.99. The summed E-state index contributed by atoms with van der Waals surface area (Å²) in [6.07, 6.45) is 1.80. The smallest absolute Gasteiger partial charge is 0.124 e. The van der Waals surface area contributed by atoms with Crippen molar-refractivity contribution >= 4 is 33.5 Å². The molecule has 0 saturated heterocycles. The zero-order valence-electron chi connectivity index (χ0n) is 11.1. The van der Waals surface area contributed by atoms with E-state index >= 15 is 0 Å². The summed E-state index contributed by atoms with van der Waals surface area (Å²) in [7, 11) is 0. The molecule has 0 aliphatic heterocycles. The Balaban J connectivity index is 2.09. The van der Waals surface area contributed by atoms with Gasteiger partial charge in [-0.1, -0.05) is 24.3 Å². The molecule has 3 nitrogen and oxygen atoms in total. The highest BCUT2D eigenvalue weighted by Crippen LogP contribution is 2.27. The average Bonchev–Trinajstić information content (AvgIpc) is 2.50. The fourth-order valence-electron chi connectivity index (χ4n) is 2.35. The van der Waals surface area contributed by atoms with Crippen molar-refractivity contribution in [1.29, 1.82) is 0 Å². The van der Waals surface area contributed by atoms with Gasteiger partial charge in [0.05, 0.1) is 11.6 Å². The summed E-state index contributed by atoms with van der Waals surface area (Å²) in [5.41, 5.74) is 5.60. The quantitative estimate of drug-likeness (QED) is 0.407. The maximum absolute atomic E-state index is 13.3. The number of pyridine rings is 1. The van der Waals surface area contributed by atoms with Crippen LogP contribution in [0.2, 0.25) is 0 Å². The maximum atomic E-state index is 13.3.